The molecule has 0 aliphatic carbocycles. The summed E-state index contributed by atoms with van der Waals surface area (Å²) in [4.78, 5) is 7.17. The third-order valence-electron chi connectivity index (χ3n) is 4.38. The Bertz CT molecular complexity index is 646. The van der Waals surface area contributed by atoms with Crippen LogP contribution in [0.15, 0.2) is 47.7 Å². The minimum atomic E-state index is 0.651. The third-order valence-corrected chi connectivity index (χ3v) is 4.38. The Labute approximate surface area is 157 Å². The fourth-order valence-electron chi connectivity index (χ4n) is 2.81. The van der Waals surface area contributed by atoms with Crippen molar-refractivity contribution < 1.29 is 0 Å². The highest BCUT2D eigenvalue weighted by atomic mass is 15.3. The summed E-state index contributed by atoms with van der Waals surface area (Å²) in [5.74, 6) is 0.869. The summed E-state index contributed by atoms with van der Waals surface area (Å²) < 4.78 is 1.94. The van der Waals surface area contributed by atoms with Crippen molar-refractivity contribution in [2.75, 3.05) is 32.7 Å². The van der Waals surface area contributed by atoms with Crippen molar-refractivity contribution in [3.63, 3.8) is 0 Å². The Morgan fingerprint density at radius 3 is 2.50 bits per heavy atom. The molecule has 0 bridgehead atoms. The number of nitrogens with one attached hydrogen (secondary N) is 2. The Morgan fingerprint density at radius 2 is 1.85 bits per heavy atom. The van der Waals surface area contributed by atoms with E-state index in [0.29, 0.717) is 6.54 Å². The molecule has 1 aromatic carbocycles. The summed E-state index contributed by atoms with van der Waals surface area (Å²) in [6.07, 6.45) is 3.79. The molecule has 0 unspecified atom stereocenters. The van der Waals surface area contributed by atoms with Crippen molar-refractivity contribution in [3.05, 3.63) is 53.9 Å². The lowest BCUT2D eigenvalue weighted by molar-refractivity contribution is 0.308. The van der Waals surface area contributed by atoms with E-state index in [1.165, 1.54) is 11.1 Å². The van der Waals surface area contributed by atoms with Crippen LogP contribution >= 0.6 is 0 Å². The highest BCUT2D eigenvalue weighted by Crippen LogP contribution is 2.11. The lowest BCUT2D eigenvalue weighted by Gasteiger charge is -2.19. The summed E-state index contributed by atoms with van der Waals surface area (Å²) in [6.45, 7) is 12.8. The molecule has 2 rings (SSSR count). The predicted molar refractivity (Wildman–Crippen MR) is 108 cm³/mol. The van der Waals surface area contributed by atoms with E-state index in [1.807, 2.05) is 23.1 Å². The maximum absolute atomic E-state index is 4.77. The summed E-state index contributed by atoms with van der Waals surface area (Å²) in [6, 6.07) is 10.4. The number of guanidine groups is 1. The average molecular weight is 357 g/mol. The van der Waals surface area contributed by atoms with Crippen LogP contribution in [0.2, 0.25) is 0 Å². The first kappa shape index (κ1) is 20.0. The number of likely N-dealkylation sites (N-methyl/N-ethyl adjacent to an activating group) is 1. The van der Waals surface area contributed by atoms with Crippen LogP contribution in [0, 0.1) is 0 Å². The first-order valence-corrected chi connectivity index (χ1v) is 9.55. The lowest BCUT2D eigenvalue weighted by Crippen LogP contribution is -2.41. The van der Waals surface area contributed by atoms with Crippen LogP contribution in [-0.2, 0) is 13.1 Å². The predicted octanol–water partition coefficient (Wildman–Crippen LogP) is 2.33. The van der Waals surface area contributed by atoms with E-state index in [0.717, 1.165) is 45.2 Å². The molecular formula is C20H32N6. The van der Waals surface area contributed by atoms with Gasteiger partial charge in [-0.15, -0.1) is 0 Å². The normalized spacial score (nSPS) is 11.8. The molecule has 6 heteroatoms. The zero-order chi connectivity index (χ0) is 18.6. The van der Waals surface area contributed by atoms with E-state index in [9.17, 15) is 0 Å². The van der Waals surface area contributed by atoms with Crippen molar-refractivity contribution in [3.8, 4) is 0 Å². The van der Waals surface area contributed by atoms with Crippen molar-refractivity contribution in [2.24, 2.45) is 4.99 Å². The van der Waals surface area contributed by atoms with Gasteiger partial charge in [-0.1, -0.05) is 38.1 Å². The minimum Gasteiger partial charge on any atom is -0.357 e. The number of benzene rings is 1. The molecular weight excluding hydrogens is 324 g/mol. The number of aromatic nitrogens is 2. The van der Waals surface area contributed by atoms with Crippen molar-refractivity contribution in [1.82, 2.24) is 25.3 Å². The van der Waals surface area contributed by atoms with Gasteiger partial charge in [-0.25, -0.2) is 4.99 Å². The number of aliphatic imine (C=N–C) groups is 1. The maximum Gasteiger partial charge on any atom is 0.191 e. The Kier molecular flexibility index (Phi) is 8.69. The van der Waals surface area contributed by atoms with Crippen LogP contribution in [0.5, 0.6) is 0 Å². The second-order valence-electron chi connectivity index (χ2n) is 6.12. The molecule has 142 valence electrons. The van der Waals surface area contributed by atoms with Crippen LogP contribution in [0.3, 0.4) is 0 Å². The molecule has 1 heterocycles. The van der Waals surface area contributed by atoms with E-state index in [4.69, 9.17) is 4.99 Å². The monoisotopic (exact) mass is 356 g/mol. The Hall–Kier alpha value is -2.34. The lowest BCUT2D eigenvalue weighted by atomic mass is 10.1. The van der Waals surface area contributed by atoms with E-state index < -0.39 is 0 Å². The third kappa shape index (κ3) is 6.52. The largest absolute Gasteiger partial charge is 0.357 e. The maximum atomic E-state index is 4.77. The molecule has 0 saturated heterocycles. The molecule has 2 aromatic rings. The molecule has 0 aliphatic heterocycles. The van der Waals surface area contributed by atoms with Crippen LogP contribution in [0.4, 0.5) is 0 Å². The zero-order valence-electron chi connectivity index (χ0n) is 16.3. The standard InChI is InChI=1S/C20H32N6/c1-4-21-20(22-13-15-25(5-2)6-3)23-16-18-10-7-8-11-19(18)17-26-14-9-12-24-26/h7-12,14H,4-6,13,15-17H2,1-3H3,(H2,21,22,23). The van der Waals surface area contributed by atoms with Gasteiger partial charge in [-0.05, 0) is 37.2 Å². The second kappa shape index (κ2) is 11.3. The van der Waals surface area contributed by atoms with Gasteiger partial charge in [0.25, 0.3) is 0 Å². The number of hydrogen-bond donors (Lipinski definition) is 2. The second-order valence-corrected chi connectivity index (χ2v) is 6.12. The van der Waals surface area contributed by atoms with Crippen LogP contribution < -0.4 is 10.6 Å². The van der Waals surface area contributed by atoms with Gasteiger partial charge in [0.15, 0.2) is 5.96 Å². The molecule has 1 aromatic heterocycles. The fourth-order valence-corrected chi connectivity index (χ4v) is 2.81. The van der Waals surface area contributed by atoms with Gasteiger partial charge in [0.2, 0.25) is 0 Å². The molecule has 0 amide bonds. The van der Waals surface area contributed by atoms with Crippen molar-refractivity contribution in [1.29, 1.82) is 0 Å². The minimum absolute atomic E-state index is 0.651. The topological polar surface area (TPSA) is 57.5 Å². The van der Waals surface area contributed by atoms with E-state index in [-0.39, 0.29) is 0 Å². The first-order valence-electron chi connectivity index (χ1n) is 9.55. The summed E-state index contributed by atoms with van der Waals surface area (Å²) >= 11 is 0. The number of rotatable bonds is 10. The molecule has 0 atom stereocenters. The smallest absolute Gasteiger partial charge is 0.191 e. The van der Waals surface area contributed by atoms with E-state index >= 15 is 0 Å². The molecule has 0 aliphatic rings. The van der Waals surface area contributed by atoms with Crippen LogP contribution in [0.25, 0.3) is 0 Å². The van der Waals surface area contributed by atoms with Crippen LogP contribution in [-0.4, -0.2) is 53.4 Å². The summed E-state index contributed by atoms with van der Waals surface area (Å²) in [5.41, 5.74) is 2.47. The molecule has 2 N–H and O–H groups in total. The van der Waals surface area contributed by atoms with E-state index in [1.54, 1.807) is 0 Å². The summed E-state index contributed by atoms with van der Waals surface area (Å²) in [5, 5.41) is 11.1. The highest BCUT2D eigenvalue weighted by Gasteiger charge is 2.04. The molecule has 0 radical (unpaired) electrons. The molecule has 0 saturated carbocycles. The zero-order valence-corrected chi connectivity index (χ0v) is 16.3. The van der Waals surface area contributed by atoms with Gasteiger partial charge in [0.1, 0.15) is 0 Å². The molecule has 6 nitrogen and oxygen atoms in total. The van der Waals surface area contributed by atoms with Gasteiger partial charge in [-0.3, -0.25) is 4.68 Å². The molecule has 0 fully saturated rings. The highest BCUT2D eigenvalue weighted by molar-refractivity contribution is 5.79. The van der Waals surface area contributed by atoms with Gasteiger partial charge >= 0.3 is 0 Å². The Morgan fingerprint density at radius 1 is 1.08 bits per heavy atom. The van der Waals surface area contributed by atoms with Crippen molar-refractivity contribution >= 4 is 5.96 Å². The first-order chi connectivity index (χ1) is 12.8. The summed E-state index contributed by atoms with van der Waals surface area (Å²) in [7, 11) is 0. The Balaban J connectivity index is 1.97. The molecule has 26 heavy (non-hydrogen) atoms. The van der Waals surface area contributed by atoms with Crippen molar-refractivity contribution in [2.45, 2.75) is 33.9 Å². The van der Waals surface area contributed by atoms with Gasteiger partial charge < -0.3 is 15.5 Å². The van der Waals surface area contributed by atoms with Gasteiger partial charge in [-0.2, -0.15) is 5.10 Å². The van der Waals surface area contributed by atoms with Gasteiger partial charge in [0, 0.05) is 32.0 Å². The van der Waals surface area contributed by atoms with E-state index in [2.05, 4.69) is 65.7 Å². The van der Waals surface area contributed by atoms with Crippen LogP contribution in [0.1, 0.15) is 31.9 Å². The van der Waals surface area contributed by atoms with Gasteiger partial charge in [0.05, 0.1) is 13.1 Å². The quantitative estimate of drug-likeness (QED) is 0.507. The number of hydrogen-bond acceptors (Lipinski definition) is 3. The number of nitrogens with zero attached hydrogens (tertiary/aromatic N) is 4. The SMILES string of the molecule is CCNC(=NCc1ccccc1Cn1cccn1)NCCN(CC)CC. The average Bonchev–Trinajstić information content (AvgIpc) is 3.17. The fraction of sp³-hybridized carbons (Fsp3) is 0.500. The molecule has 0 spiro atoms.